The minimum Gasteiger partial charge on any atom is -0.469 e. The number of aromatic nitrogens is 1. The molecule has 3 rings (SSSR count). The van der Waals surface area contributed by atoms with Crippen LogP contribution < -0.4 is 5.32 Å². The van der Waals surface area contributed by atoms with Gasteiger partial charge in [0.05, 0.1) is 36.9 Å². The Balaban J connectivity index is 1.75. The quantitative estimate of drug-likeness (QED) is 0.785. The van der Waals surface area contributed by atoms with Crippen molar-refractivity contribution in [1.82, 2.24) is 15.2 Å². The average Bonchev–Trinajstić information content (AvgIpc) is 3.32. The molecule has 9 heteroatoms. The Morgan fingerprint density at radius 3 is 2.78 bits per heavy atom. The Kier molecular flexibility index (Phi) is 5.90. The molecule has 0 radical (unpaired) electrons. The second-order valence-corrected chi connectivity index (χ2v) is 7.24. The molecule has 0 aliphatic carbocycles. The number of amides is 2. The molecule has 2 atom stereocenters. The van der Waals surface area contributed by atoms with Crippen molar-refractivity contribution in [2.45, 2.75) is 31.3 Å². The van der Waals surface area contributed by atoms with Crippen LogP contribution in [0.1, 0.15) is 30.3 Å². The average molecular weight is 391 g/mol. The molecule has 1 aliphatic rings. The summed E-state index contributed by atoms with van der Waals surface area (Å²) < 4.78 is 10.3. The Morgan fingerprint density at radius 2 is 2.07 bits per heavy atom. The minimum atomic E-state index is -1.09. The first-order chi connectivity index (χ1) is 13.0. The fourth-order valence-corrected chi connectivity index (χ4v) is 4.23. The van der Waals surface area contributed by atoms with Gasteiger partial charge in [-0.25, -0.2) is 14.6 Å². The summed E-state index contributed by atoms with van der Waals surface area (Å²) in [7, 11) is 2.43. The number of hydrogen-bond acceptors (Lipinski definition) is 7. The van der Waals surface area contributed by atoms with Gasteiger partial charge < -0.3 is 19.7 Å². The first kappa shape index (κ1) is 19.1. The maximum absolute atomic E-state index is 12.8. The van der Waals surface area contributed by atoms with E-state index in [0.29, 0.717) is 6.54 Å². The first-order valence-corrected chi connectivity index (χ1v) is 9.42. The van der Waals surface area contributed by atoms with Crippen LogP contribution in [0.2, 0.25) is 0 Å². The molecule has 2 amide bonds. The highest BCUT2D eigenvalue weighted by molar-refractivity contribution is 7.18. The van der Waals surface area contributed by atoms with E-state index in [1.54, 1.807) is 16.2 Å². The molecule has 1 aromatic carbocycles. The first-order valence-electron chi connectivity index (χ1n) is 8.60. The Morgan fingerprint density at radius 1 is 1.30 bits per heavy atom. The number of nitrogens with one attached hydrogen (secondary N) is 1. The van der Waals surface area contributed by atoms with Crippen molar-refractivity contribution < 1.29 is 23.9 Å². The van der Waals surface area contributed by atoms with Crippen LogP contribution in [0, 0.1) is 0 Å². The molecule has 0 spiro atoms. The van der Waals surface area contributed by atoms with Crippen molar-refractivity contribution in [1.29, 1.82) is 0 Å². The highest BCUT2D eigenvalue weighted by Gasteiger charge is 2.35. The van der Waals surface area contributed by atoms with Gasteiger partial charge in [-0.15, -0.1) is 11.3 Å². The number of hydrogen-bond donors (Lipinski definition) is 1. The lowest BCUT2D eigenvalue weighted by atomic mass is 10.2. The number of thiazole rings is 1. The van der Waals surface area contributed by atoms with Gasteiger partial charge >= 0.3 is 18.0 Å². The van der Waals surface area contributed by atoms with Crippen molar-refractivity contribution in [2.75, 3.05) is 20.8 Å². The molecule has 1 aromatic heterocycles. The Hall–Kier alpha value is -2.68. The third kappa shape index (κ3) is 4.19. The molecule has 0 saturated carbocycles. The molecule has 144 valence electrons. The maximum atomic E-state index is 12.8. The molecule has 2 aromatic rings. The van der Waals surface area contributed by atoms with Crippen molar-refractivity contribution in [3.8, 4) is 0 Å². The zero-order valence-corrected chi connectivity index (χ0v) is 16.0. The van der Waals surface area contributed by atoms with E-state index in [1.807, 2.05) is 24.3 Å². The summed E-state index contributed by atoms with van der Waals surface area (Å²) in [5.41, 5.74) is 0.905. The summed E-state index contributed by atoms with van der Waals surface area (Å²) in [4.78, 5) is 42.5. The van der Waals surface area contributed by atoms with E-state index >= 15 is 0 Å². The zero-order valence-electron chi connectivity index (χ0n) is 15.1. The maximum Gasteiger partial charge on any atom is 0.329 e. The van der Waals surface area contributed by atoms with Gasteiger partial charge in [-0.05, 0) is 25.0 Å². The number of ether oxygens (including phenoxy) is 2. The number of benzene rings is 1. The van der Waals surface area contributed by atoms with Crippen LogP contribution in [0.5, 0.6) is 0 Å². The van der Waals surface area contributed by atoms with Gasteiger partial charge in [0, 0.05) is 6.54 Å². The topological polar surface area (TPSA) is 97.8 Å². The normalized spacial score (nSPS) is 17.6. The number of fused-ring (bicyclic) bond motifs is 1. The number of para-hydroxylation sites is 1. The van der Waals surface area contributed by atoms with E-state index in [1.165, 1.54) is 14.2 Å². The summed E-state index contributed by atoms with van der Waals surface area (Å²) >= 11 is 1.56. The summed E-state index contributed by atoms with van der Waals surface area (Å²) in [5, 5.41) is 3.46. The highest BCUT2D eigenvalue weighted by atomic mass is 32.1. The van der Waals surface area contributed by atoms with Crippen molar-refractivity contribution in [3.63, 3.8) is 0 Å². The number of rotatable bonds is 5. The predicted octanol–water partition coefficient (Wildman–Crippen LogP) is 2.25. The molecule has 8 nitrogen and oxygen atoms in total. The number of carbonyl (C=O) groups is 3. The second-order valence-electron chi connectivity index (χ2n) is 6.18. The van der Waals surface area contributed by atoms with Crippen molar-refractivity contribution >= 4 is 39.5 Å². The number of methoxy groups -OCH3 is 2. The number of carbonyl (C=O) groups excluding carboxylic acids is 3. The SMILES string of the molecule is COC(=O)C[C@@H](NC(=O)N1CCCC1c1nc2ccccc2s1)C(=O)OC. The molecule has 2 heterocycles. The van der Waals surface area contributed by atoms with Crippen LogP contribution in [-0.4, -0.2) is 54.7 Å². The van der Waals surface area contributed by atoms with Crippen LogP contribution in [0.25, 0.3) is 10.2 Å². The van der Waals surface area contributed by atoms with Gasteiger partial charge in [-0.3, -0.25) is 4.79 Å². The van der Waals surface area contributed by atoms with E-state index in [2.05, 4.69) is 19.8 Å². The number of urea groups is 1. The lowest BCUT2D eigenvalue weighted by Gasteiger charge is -2.25. The molecular formula is C18H21N3O5S. The van der Waals surface area contributed by atoms with Gasteiger partial charge in [-0.2, -0.15) is 0 Å². The van der Waals surface area contributed by atoms with Crippen molar-refractivity contribution in [2.24, 2.45) is 0 Å². The Labute approximate surface area is 160 Å². The number of nitrogens with zero attached hydrogens (tertiary/aromatic N) is 2. The van der Waals surface area contributed by atoms with Crippen LogP contribution in [0.15, 0.2) is 24.3 Å². The lowest BCUT2D eigenvalue weighted by Crippen LogP contribution is -2.49. The second kappa shape index (κ2) is 8.34. The van der Waals surface area contributed by atoms with E-state index < -0.39 is 24.0 Å². The fourth-order valence-electron chi connectivity index (χ4n) is 3.12. The van der Waals surface area contributed by atoms with E-state index in [9.17, 15) is 14.4 Å². The van der Waals surface area contributed by atoms with Crippen molar-refractivity contribution in [3.05, 3.63) is 29.3 Å². The van der Waals surface area contributed by atoms with Gasteiger partial charge in [0.15, 0.2) is 0 Å². The van der Waals surface area contributed by atoms with Gasteiger partial charge in [0.2, 0.25) is 0 Å². The van der Waals surface area contributed by atoms with Crippen LogP contribution in [0.3, 0.4) is 0 Å². The minimum absolute atomic E-state index is 0.154. The Bertz CT molecular complexity index is 819. The molecular weight excluding hydrogens is 370 g/mol. The molecule has 0 bridgehead atoms. The molecule has 1 saturated heterocycles. The van der Waals surface area contributed by atoms with Crippen LogP contribution in [0.4, 0.5) is 4.79 Å². The van der Waals surface area contributed by atoms with E-state index in [-0.39, 0.29) is 12.5 Å². The third-order valence-electron chi connectivity index (χ3n) is 4.49. The number of esters is 2. The smallest absolute Gasteiger partial charge is 0.329 e. The van der Waals surface area contributed by atoms with E-state index in [0.717, 1.165) is 28.1 Å². The summed E-state index contributed by atoms with van der Waals surface area (Å²) in [6, 6.07) is 6.16. The molecule has 1 N–H and O–H groups in total. The lowest BCUT2D eigenvalue weighted by molar-refractivity contribution is -0.149. The summed E-state index contributed by atoms with van der Waals surface area (Å²) in [5.74, 6) is -1.29. The van der Waals surface area contributed by atoms with Gasteiger partial charge in [-0.1, -0.05) is 12.1 Å². The largest absolute Gasteiger partial charge is 0.469 e. The highest BCUT2D eigenvalue weighted by Crippen LogP contribution is 2.36. The van der Waals surface area contributed by atoms with E-state index in [4.69, 9.17) is 0 Å². The van der Waals surface area contributed by atoms with Crippen LogP contribution in [-0.2, 0) is 19.1 Å². The predicted molar refractivity (Wildman–Crippen MR) is 99.3 cm³/mol. The van der Waals surface area contributed by atoms with Gasteiger partial charge in [0.1, 0.15) is 11.0 Å². The summed E-state index contributed by atoms with van der Waals surface area (Å²) in [6.45, 7) is 0.554. The summed E-state index contributed by atoms with van der Waals surface area (Å²) in [6.07, 6.45) is 1.36. The number of likely N-dealkylation sites (tertiary alicyclic amines) is 1. The van der Waals surface area contributed by atoms with Crippen LogP contribution >= 0.6 is 11.3 Å². The molecule has 1 fully saturated rings. The third-order valence-corrected chi connectivity index (χ3v) is 5.63. The monoisotopic (exact) mass is 391 g/mol. The fraction of sp³-hybridized carbons (Fsp3) is 0.444. The molecule has 1 aliphatic heterocycles. The zero-order chi connectivity index (χ0) is 19.4. The van der Waals surface area contributed by atoms with Gasteiger partial charge in [0.25, 0.3) is 0 Å². The standard InChI is InChI=1S/C18H21N3O5S/c1-25-15(22)10-12(17(23)26-2)20-18(24)21-9-5-7-13(21)16-19-11-6-3-4-8-14(11)27-16/h3-4,6,8,12-13H,5,7,9-10H2,1-2H3,(H,20,24)/t12-,13?/m1/s1. The molecule has 27 heavy (non-hydrogen) atoms. The molecule has 1 unspecified atom stereocenters.